The van der Waals surface area contributed by atoms with Crippen LogP contribution in [0.25, 0.3) is 11.1 Å². The molecule has 7 nitrogen and oxygen atoms in total. The van der Waals surface area contributed by atoms with E-state index in [1.807, 2.05) is 30.3 Å². The third kappa shape index (κ3) is 6.52. The summed E-state index contributed by atoms with van der Waals surface area (Å²) in [5.74, 6) is 0.237. The van der Waals surface area contributed by atoms with E-state index in [2.05, 4.69) is 4.98 Å². The highest BCUT2D eigenvalue weighted by Gasteiger charge is 2.22. The van der Waals surface area contributed by atoms with Crippen LogP contribution < -0.4 is 14.2 Å². The Morgan fingerprint density at radius 1 is 1.09 bits per heavy atom. The largest absolute Gasteiger partial charge is 0.489 e. The van der Waals surface area contributed by atoms with Gasteiger partial charge >= 0.3 is 0 Å². The van der Waals surface area contributed by atoms with Gasteiger partial charge < -0.3 is 9.47 Å². The first-order chi connectivity index (χ1) is 15.8. The third-order valence-corrected chi connectivity index (χ3v) is 5.61. The van der Waals surface area contributed by atoms with Gasteiger partial charge in [-0.05, 0) is 54.7 Å². The lowest BCUT2D eigenvalue weighted by molar-refractivity contribution is 0.0981. The predicted octanol–water partition coefficient (Wildman–Crippen LogP) is 3.94. The molecule has 0 aliphatic heterocycles. The summed E-state index contributed by atoms with van der Waals surface area (Å²) in [5, 5.41) is 0. The van der Waals surface area contributed by atoms with Crippen LogP contribution in [0.3, 0.4) is 0 Å². The molecule has 0 spiro atoms. The number of hydrogen-bond acceptors (Lipinski definition) is 6. The normalized spacial score (nSPS) is 13.4. The molecule has 2 aromatic carbocycles. The first kappa shape index (κ1) is 22.7. The minimum Gasteiger partial charge on any atom is -0.489 e. The fraction of sp³-hybridized carbons (Fsp3) is 0.250. The van der Waals surface area contributed by atoms with Crippen LogP contribution in [-0.2, 0) is 16.6 Å². The van der Waals surface area contributed by atoms with Crippen LogP contribution in [0.2, 0.25) is 0 Å². The summed E-state index contributed by atoms with van der Waals surface area (Å²) < 4.78 is 50.0. The Morgan fingerprint density at radius 2 is 1.91 bits per heavy atom. The van der Waals surface area contributed by atoms with E-state index < -0.39 is 21.7 Å². The summed E-state index contributed by atoms with van der Waals surface area (Å²) in [6.45, 7) is 0.644. The minimum absolute atomic E-state index is 0.0601. The number of halogens is 1. The van der Waals surface area contributed by atoms with Crippen molar-refractivity contribution in [3.8, 4) is 22.8 Å². The van der Waals surface area contributed by atoms with Gasteiger partial charge in [-0.25, -0.2) is 22.5 Å². The fourth-order valence-corrected chi connectivity index (χ4v) is 3.54. The highest BCUT2D eigenvalue weighted by atomic mass is 32.2. The molecule has 0 bridgehead atoms. The molecule has 1 aliphatic rings. The lowest BCUT2D eigenvalue weighted by Crippen LogP contribution is -2.29. The number of ether oxygens (including phenoxy) is 2. The van der Waals surface area contributed by atoms with Crippen molar-refractivity contribution in [2.24, 2.45) is 5.92 Å². The SMILES string of the molecule is CS(=O)(=O)NC(=O)c1ccc(COc2cccc(-c3ccc(OCC4CC4)nc3)c2)c(F)c1. The Balaban J connectivity index is 1.39. The molecule has 1 aliphatic carbocycles. The van der Waals surface area contributed by atoms with Crippen molar-refractivity contribution in [1.29, 1.82) is 0 Å². The molecule has 0 saturated heterocycles. The van der Waals surface area contributed by atoms with Crippen LogP contribution in [0.15, 0.2) is 60.8 Å². The van der Waals surface area contributed by atoms with E-state index in [0.717, 1.165) is 23.4 Å². The van der Waals surface area contributed by atoms with Gasteiger partial charge in [-0.2, -0.15) is 0 Å². The van der Waals surface area contributed by atoms with Gasteiger partial charge in [0.1, 0.15) is 18.2 Å². The van der Waals surface area contributed by atoms with Crippen molar-refractivity contribution in [2.75, 3.05) is 12.9 Å². The van der Waals surface area contributed by atoms with Gasteiger partial charge in [-0.15, -0.1) is 0 Å². The maximum atomic E-state index is 14.4. The number of sulfonamides is 1. The molecule has 0 atom stereocenters. The van der Waals surface area contributed by atoms with Crippen molar-refractivity contribution < 1.29 is 27.1 Å². The van der Waals surface area contributed by atoms with E-state index in [0.29, 0.717) is 24.2 Å². The minimum atomic E-state index is -3.73. The van der Waals surface area contributed by atoms with E-state index in [-0.39, 0.29) is 17.7 Å². The average molecular weight is 471 g/mol. The molecule has 1 aromatic heterocycles. The van der Waals surface area contributed by atoms with Crippen molar-refractivity contribution >= 4 is 15.9 Å². The van der Waals surface area contributed by atoms with Gasteiger partial charge in [-0.1, -0.05) is 18.2 Å². The molecule has 3 aromatic rings. The smallest absolute Gasteiger partial charge is 0.264 e. The molecule has 1 amide bonds. The molecule has 9 heteroatoms. The zero-order valence-corrected chi connectivity index (χ0v) is 18.8. The second-order valence-electron chi connectivity index (χ2n) is 7.97. The molecular formula is C24H23FN2O5S. The standard InChI is InChI=1S/C24H23FN2O5S/c1-33(29,30)27-24(28)18-7-8-20(22(25)12-18)15-31-21-4-2-3-17(11-21)19-9-10-23(26-13-19)32-14-16-5-6-16/h2-4,7-13,16H,5-6,14-15H2,1H3,(H,27,28). The molecule has 0 unspecified atom stereocenters. The number of hydrogen-bond donors (Lipinski definition) is 1. The monoisotopic (exact) mass is 470 g/mol. The average Bonchev–Trinajstić information content (AvgIpc) is 3.61. The highest BCUT2D eigenvalue weighted by molar-refractivity contribution is 7.89. The van der Waals surface area contributed by atoms with Crippen molar-refractivity contribution in [2.45, 2.75) is 19.4 Å². The van der Waals surface area contributed by atoms with E-state index in [1.165, 1.54) is 25.0 Å². The van der Waals surface area contributed by atoms with Crippen LogP contribution in [0.1, 0.15) is 28.8 Å². The van der Waals surface area contributed by atoms with E-state index in [1.54, 1.807) is 17.0 Å². The van der Waals surface area contributed by atoms with Gasteiger partial charge in [0.2, 0.25) is 15.9 Å². The highest BCUT2D eigenvalue weighted by Crippen LogP contribution is 2.30. The van der Waals surface area contributed by atoms with Crippen molar-refractivity contribution in [3.05, 3.63) is 77.7 Å². The Morgan fingerprint density at radius 3 is 2.58 bits per heavy atom. The number of aromatic nitrogens is 1. The summed E-state index contributed by atoms with van der Waals surface area (Å²) >= 11 is 0. The van der Waals surface area contributed by atoms with Crippen LogP contribution in [0.4, 0.5) is 4.39 Å². The maximum absolute atomic E-state index is 14.4. The molecule has 1 saturated carbocycles. The molecule has 1 N–H and O–H groups in total. The summed E-state index contributed by atoms with van der Waals surface area (Å²) in [6.07, 6.45) is 5.03. The molecule has 1 heterocycles. The number of benzene rings is 2. The molecule has 0 radical (unpaired) electrons. The molecular weight excluding hydrogens is 447 g/mol. The number of carbonyl (C=O) groups is 1. The number of carbonyl (C=O) groups excluding carboxylic acids is 1. The van der Waals surface area contributed by atoms with Gasteiger partial charge in [-0.3, -0.25) is 4.79 Å². The van der Waals surface area contributed by atoms with Gasteiger partial charge in [0.15, 0.2) is 0 Å². The number of nitrogens with one attached hydrogen (secondary N) is 1. The van der Waals surface area contributed by atoms with Crippen LogP contribution in [-0.4, -0.2) is 32.2 Å². The van der Waals surface area contributed by atoms with Crippen LogP contribution >= 0.6 is 0 Å². The second-order valence-corrected chi connectivity index (χ2v) is 9.71. The van der Waals surface area contributed by atoms with Gasteiger partial charge in [0.05, 0.1) is 12.9 Å². The third-order valence-electron chi connectivity index (χ3n) is 5.06. The second kappa shape index (κ2) is 9.58. The Hall–Kier alpha value is -3.46. The number of amides is 1. The summed E-state index contributed by atoms with van der Waals surface area (Å²) in [7, 11) is -3.73. The molecule has 4 rings (SSSR count). The summed E-state index contributed by atoms with van der Waals surface area (Å²) in [5.41, 5.74) is 1.92. The number of nitrogens with zero attached hydrogens (tertiary/aromatic N) is 1. The summed E-state index contributed by atoms with van der Waals surface area (Å²) in [6, 6.07) is 14.8. The van der Waals surface area contributed by atoms with Gasteiger partial charge in [0.25, 0.3) is 5.91 Å². The summed E-state index contributed by atoms with van der Waals surface area (Å²) in [4.78, 5) is 16.2. The molecule has 1 fully saturated rings. The van der Waals surface area contributed by atoms with Crippen LogP contribution in [0, 0.1) is 11.7 Å². The quantitative estimate of drug-likeness (QED) is 0.509. The Bertz CT molecular complexity index is 1260. The molecule has 33 heavy (non-hydrogen) atoms. The molecule has 172 valence electrons. The fourth-order valence-electron chi connectivity index (χ4n) is 3.08. The van der Waals surface area contributed by atoms with Gasteiger partial charge in [0, 0.05) is 29.0 Å². The number of pyridine rings is 1. The first-order valence-corrected chi connectivity index (χ1v) is 12.3. The Kier molecular flexibility index (Phi) is 6.60. The van der Waals surface area contributed by atoms with Crippen molar-refractivity contribution in [3.63, 3.8) is 0 Å². The lowest BCUT2D eigenvalue weighted by Gasteiger charge is -2.10. The zero-order valence-electron chi connectivity index (χ0n) is 18.0. The zero-order chi connectivity index (χ0) is 23.4. The van der Waals surface area contributed by atoms with E-state index in [4.69, 9.17) is 9.47 Å². The Labute approximate surface area is 191 Å². The topological polar surface area (TPSA) is 94.6 Å². The van der Waals surface area contributed by atoms with E-state index >= 15 is 0 Å². The number of rotatable bonds is 9. The lowest BCUT2D eigenvalue weighted by atomic mass is 10.1. The van der Waals surface area contributed by atoms with Crippen LogP contribution in [0.5, 0.6) is 11.6 Å². The predicted molar refractivity (Wildman–Crippen MR) is 121 cm³/mol. The van der Waals surface area contributed by atoms with E-state index in [9.17, 15) is 17.6 Å². The first-order valence-electron chi connectivity index (χ1n) is 10.4. The maximum Gasteiger partial charge on any atom is 0.264 e. The van der Waals surface area contributed by atoms with Crippen molar-refractivity contribution in [1.82, 2.24) is 9.71 Å².